The summed E-state index contributed by atoms with van der Waals surface area (Å²) in [6, 6.07) is 6.93. The molecule has 0 amide bonds. The third-order valence-electron chi connectivity index (χ3n) is 2.44. The highest BCUT2D eigenvalue weighted by Crippen LogP contribution is 2.21. The summed E-state index contributed by atoms with van der Waals surface area (Å²) in [6.07, 6.45) is 5.55. The number of ether oxygens (including phenoxy) is 1. The molecule has 5 nitrogen and oxygen atoms in total. The van der Waals surface area contributed by atoms with Gasteiger partial charge in [0.05, 0.1) is 13.2 Å². The first-order valence-electron chi connectivity index (χ1n) is 5.41. The summed E-state index contributed by atoms with van der Waals surface area (Å²) in [5, 5.41) is 3.87. The van der Waals surface area contributed by atoms with Crippen LogP contribution in [0.1, 0.15) is 18.4 Å². The van der Waals surface area contributed by atoms with Crippen molar-refractivity contribution in [2.45, 2.75) is 12.5 Å². The fraction of sp³-hybridized carbons (Fsp3) is 0.231. The van der Waals surface area contributed by atoms with Gasteiger partial charge in [-0.2, -0.15) is 4.98 Å². The maximum absolute atomic E-state index is 5.78. The van der Waals surface area contributed by atoms with Gasteiger partial charge in [-0.3, -0.25) is 0 Å². The topological polar surface area (TPSA) is 74.2 Å². The molecule has 0 radical (unpaired) electrons. The summed E-state index contributed by atoms with van der Waals surface area (Å²) >= 11 is 0. The van der Waals surface area contributed by atoms with Gasteiger partial charge in [0.25, 0.3) is 0 Å². The highest BCUT2D eigenvalue weighted by Gasteiger charge is 2.14. The Morgan fingerprint density at radius 1 is 1.44 bits per heavy atom. The summed E-state index contributed by atoms with van der Waals surface area (Å²) in [4.78, 5) is 4.22. The number of nitrogens with two attached hydrogens (primary N) is 1. The van der Waals surface area contributed by atoms with Gasteiger partial charge in [0.2, 0.25) is 11.7 Å². The minimum atomic E-state index is -0.422. The molecule has 0 aliphatic heterocycles. The molecule has 18 heavy (non-hydrogen) atoms. The van der Waals surface area contributed by atoms with Crippen molar-refractivity contribution in [2.75, 3.05) is 7.11 Å². The first-order chi connectivity index (χ1) is 8.74. The Morgan fingerprint density at radius 3 is 2.78 bits per heavy atom. The number of methoxy groups -OCH3 is 1. The van der Waals surface area contributed by atoms with Crippen LogP contribution in [-0.2, 0) is 0 Å². The van der Waals surface area contributed by atoms with Crippen molar-refractivity contribution in [2.24, 2.45) is 5.73 Å². The van der Waals surface area contributed by atoms with Gasteiger partial charge < -0.3 is 15.0 Å². The van der Waals surface area contributed by atoms with E-state index in [2.05, 4.69) is 16.1 Å². The molecule has 2 N–H and O–H groups in total. The maximum atomic E-state index is 5.78. The second kappa shape index (κ2) is 5.34. The molecule has 92 valence electrons. The van der Waals surface area contributed by atoms with Gasteiger partial charge in [0, 0.05) is 12.0 Å². The Labute approximate surface area is 105 Å². The van der Waals surface area contributed by atoms with Crippen molar-refractivity contribution in [3.63, 3.8) is 0 Å². The SMILES string of the molecule is C#CCC(N)c1nc(-c2ccc(OC)cc2)no1. The number of hydrogen-bond acceptors (Lipinski definition) is 5. The van der Waals surface area contributed by atoms with Crippen LogP contribution in [0.25, 0.3) is 11.4 Å². The lowest BCUT2D eigenvalue weighted by molar-refractivity contribution is 0.357. The van der Waals surface area contributed by atoms with Crippen molar-refractivity contribution < 1.29 is 9.26 Å². The molecule has 2 aromatic rings. The van der Waals surface area contributed by atoms with Crippen LogP contribution >= 0.6 is 0 Å². The first-order valence-corrected chi connectivity index (χ1v) is 5.41. The zero-order valence-corrected chi connectivity index (χ0v) is 9.96. The maximum Gasteiger partial charge on any atom is 0.244 e. The van der Waals surface area contributed by atoms with Gasteiger partial charge in [-0.1, -0.05) is 5.16 Å². The van der Waals surface area contributed by atoms with E-state index in [-0.39, 0.29) is 0 Å². The second-order valence-electron chi connectivity index (χ2n) is 3.70. The lowest BCUT2D eigenvalue weighted by Crippen LogP contribution is -2.09. The Balaban J connectivity index is 2.21. The molecular weight excluding hydrogens is 230 g/mol. The lowest BCUT2D eigenvalue weighted by atomic mass is 10.2. The minimum absolute atomic E-state index is 0.346. The number of rotatable bonds is 4. The third kappa shape index (κ3) is 2.50. The quantitative estimate of drug-likeness (QED) is 0.828. The smallest absolute Gasteiger partial charge is 0.244 e. The van der Waals surface area contributed by atoms with Crippen LogP contribution in [0.4, 0.5) is 0 Å². The van der Waals surface area contributed by atoms with E-state index in [9.17, 15) is 0 Å². The normalized spacial score (nSPS) is 11.8. The number of benzene rings is 1. The van der Waals surface area contributed by atoms with Crippen LogP contribution in [0.15, 0.2) is 28.8 Å². The van der Waals surface area contributed by atoms with Crippen molar-refractivity contribution in [3.05, 3.63) is 30.2 Å². The fourth-order valence-corrected chi connectivity index (χ4v) is 1.46. The molecule has 1 unspecified atom stereocenters. The van der Waals surface area contributed by atoms with Gasteiger partial charge >= 0.3 is 0 Å². The van der Waals surface area contributed by atoms with E-state index >= 15 is 0 Å². The monoisotopic (exact) mass is 243 g/mol. The molecule has 0 saturated carbocycles. The molecule has 0 aliphatic rings. The molecule has 0 fully saturated rings. The molecule has 2 rings (SSSR count). The molecule has 0 bridgehead atoms. The van der Waals surface area contributed by atoms with Crippen LogP contribution in [-0.4, -0.2) is 17.3 Å². The van der Waals surface area contributed by atoms with Crippen molar-refractivity contribution in [3.8, 4) is 29.5 Å². The molecule has 0 saturated heterocycles. The summed E-state index contributed by atoms with van der Waals surface area (Å²) in [5.74, 6) is 4.06. The van der Waals surface area contributed by atoms with E-state index in [0.717, 1.165) is 11.3 Å². The van der Waals surface area contributed by atoms with E-state index in [1.807, 2.05) is 24.3 Å². The van der Waals surface area contributed by atoms with E-state index < -0.39 is 6.04 Å². The van der Waals surface area contributed by atoms with Gasteiger partial charge in [0.1, 0.15) is 5.75 Å². The zero-order chi connectivity index (χ0) is 13.0. The molecule has 1 aromatic heterocycles. The van der Waals surface area contributed by atoms with Crippen molar-refractivity contribution in [1.29, 1.82) is 0 Å². The van der Waals surface area contributed by atoms with Gasteiger partial charge in [0.15, 0.2) is 0 Å². The van der Waals surface area contributed by atoms with E-state index in [1.54, 1.807) is 7.11 Å². The Kier molecular flexibility index (Phi) is 3.60. The first kappa shape index (κ1) is 12.1. The number of terminal acetylenes is 1. The molecule has 1 atom stereocenters. The molecule has 0 spiro atoms. The summed E-state index contributed by atoms with van der Waals surface area (Å²) < 4.78 is 10.2. The number of nitrogens with zero attached hydrogens (tertiary/aromatic N) is 2. The Hall–Kier alpha value is -2.32. The van der Waals surface area contributed by atoms with Crippen molar-refractivity contribution >= 4 is 0 Å². The van der Waals surface area contributed by atoms with Gasteiger partial charge in [-0.05, 0) is 24.3 Å². The molecule has 1 heterocycles. The van der Waals surface area contributed by atoms with Gasteiger partial charge in [-0.15, -0.1) is 12.3 Å². The molecule has 5 heteroatoms. The summed E-state index contributed by atoms with van der Waals surface area (Å²) in [7, 11) is 1.61. The molecular formula is C13H13N3O2. The highest BCUT2D eigenvalue weighted by molar-refractivity contribution is 5.55. The predicted octanol–water partition coefficient (Wildman–Crippen LogP) is 1.77. The van der Waals surface area contributed by atoms with E-state index in [0.29, 0.717) is 18.1 Å². The highest BCUT2D eigenvalue weighted by atomic mass is 16.5. The van der Waals surface area contributed by atoms with Crippen LogP contribution in [0.2, 0.25) is 0 Å². The number of hydrogen-bond donors (Lipinski definition) is 1. The van der Waals surface area contributed by atoms with E-state index in [1.165, 1.54) is 0 Å². The summed E-state index contributed by atoms with van der Waals surface area (Å²) in [6.45, 7) is 0. The van der Waals surface area contributed by atoms with Crippen LogP contribution in [0, 0.1) is 12.3 Å². The largest absolute Gasteiger partial charge is 0.497 e. The standard InChI is InChI=1S/C13H13N3O2/c1-3-4-11(14)13-15-12(16-18-13)9-5-7-10(17-2)8-6-9/h1,5-8,11H,4,14H2,2H3. The zero-order valence-electron chi connectivity index (χ0n) is 9.96. The lowest BCUT2D eigenvalue weighted by Gasteiger charge is -2.00. The second-order valence-corrected chi connectivity index (χ2v) is 3.70. The Bertz CT molecular complexity index is 554. The van der Waals surface area contributed by atoms with Crippen LogP contribution < -0.4 is 10.5 Å². The molecule has 1 aromatic carbocycles. The predicted molar refractivity (Wildman–Crippen MR) is 66.7 cm³/mol. The third-order valence-corrected chi connectivity index (χ3v) is 2.44. The average Bonchev–Trinajstić information content (AvgIpc) is 2.89. The van der Waals surface area contributed by atoms with Crippen molar-refractivity contribution in [1.82, 2.24) is 10.1 Å². The fourth-order valence-electron chi connectivity index (χ4n) is 1.46. The van der Waals surface area contributed by atoms with Crippen LogP contribution in [0.3, 0.4) is 0 Å². The average molecular weight is 243 g/mol. The molecule has 0 aliphatic carbocycles. The van der Waals surface area contributed by atoms with Gasteiger partial charge in [-0.25, -0.2) is 0 Å². The number of aromatic nitrogens is 2. The summed E-state index contributed by atoms with van der Waals surface area (Å²) in [5.41, 5.74) is 6.62. The van der Waals surface area contributed by atoms with Crippen LogP contribution in [0.5, 0.6) is 5.75 Å². The van der Waals surface area contributed by atoms with E-state index in [4.69, 9.17) is 21.4 Å². The Morgan fingerprint density at radius 2 is 2.17 bits per heavy atom. The minimum Gasteiger partial charge on any atom is -0.497 e.